The number of carbonyl (C=O) groups excluding carboxylic acids is 2. The van der Waals surface area contributed by atoms with Gasteiger partial charge in [-0.15, -0.1) is 0 Å². The average Bonchev–Trinajstić information content (AvgIpc) is 3.11. The Hall–Kier alpha value is -6.12. The van der Waals surface area contributed by atoms with Crippen LogP contribution >= 0.6 is 0 Å². The number of hydrogen-bond acceptors (Lipinski definition) is 5. The normalized spacial score (nSPS) is 10.5. The zero-order chi connectivity index (χ0) is 30.5. The number of pyridine rings is 1. The number of ketones is 2. The fraction of sp³-hybridized carbons (Fsp3) is 0.0256. The SMILES string of the molecule is CNc1ccc(C(=O)c2cccc(-c3cc(-c4ccccc4)cc(-c4cccc(C(=O)c5ccc(C#N)cc5)c4)n3)c2)cc1. The molecule has 0 unspecified atom stereocenters. The Morgan fingerprint density at radius 2 is 1.05 bits per heavy atom. The molecule has 0 saturated carbocycles. The van der Waals surface area contributed by atoms with Crippen LogP contribution in [0.3, 0.4) is 0 Å². The van der Waals surface area contributed by atoms with E-state index in [4.69, 9.17) is 10.2 Å². The molecule has 0 aliphatic heterocycles. The van der Waals surface area contributed by atoms with Gasteiger partial charge in [-0.3, -0.25) is 9.59 Å². The van der Waals surface area contributed by atoms with Gasteiger partial charge in [-0.2, -0.15) is 5.26 Å². The van der Waals surface area contributed by atoms with Crippen LogP contribution in [-0.2, 0) is 0 Å². The van der Waals surface area contributed by atoms with Crippen molar-refractivity contribution in [1.29, 1.82) is 5.26 Å². The summed E-state index contributed by atoms with van der Waals surface area (Å²) in [6.45, 7) is 0. The molecule has 6 aromatic rings. The van der Waals surface area contributed by atoms with Crippen LogP contribution in [0.1, 0.15) is 37.4 Å². The van der Waals surface area contributed by atoms with Crippen molar-refractivity contribution in [2.24, 2.45) is 0 Å². The second-order valence-corrected chi connectivity index (χ2v) is 10.3. The minimum atomic E-state index is -0.134. The van der Waals surface area contributed by atoms with Crippen molar-refractivity contribution < 1.29 is 9.59 Å². The summed E-state index contributed by atoms with van der Waals surface area (Å²) in [5.41, 5.74) is 8.67. The van der Waals surface area contributed by atoms with Crippen molar-refractivity contribution in [3.63, 3.8) is 0 Å². The lowest BCUT2D eigenvalue weighted by Crippen LogP contribution is -2.02. The van der Waals surface area contributed by atoms with Crippen LogP contribution in [0.15, 0.2) is 140 Å². The number of aromatic nitrogens is 1. The number of anilines is 1. The third-order valence-corrected chi connectivity index (χ3v) is 7.49. The van der Waals surface area contributed by atoms with E-state index in [9.17, 15) is 9.59 Å². The monoisotopic (exact) mass is 569 g/mol. The lowest BCUT2D eigenvalue weighted by molar-refractivity contribution is 0.103. The molecule has 0 radical (unpaired) electrons. The smallest absolute Gasteiger partial charge is 0.193 e. The maximum Gasteiger partial charge on any atom is 0.193 e. The van der Waals surface area contributed by atoms with Gasteiger partial charge in [-0.25, -0.2) is 4.98 Å². The van der Waals surface area contributed by atoms with Crippen molar-refractivity contribution in [2.45, 2.75) is 0 Å². The number of nitrogens with one attached hydrogen (secondary N) is 1. The molecule has 0 aliphatic rings. The van der Waals surface area contributed by atoms with Crippen LogP contribution in [0, 0.1) is 11.3 Å². The molecule has 0 saturated heterocycles. The maximum atomic E-state index is 13.4. The highest BCUT2D eigenvalue weighted by atomic mass is 16.1. The van der Waals surface area contributed by atoms with Gasteiger partial charge in [0.1, 0.15) is 0 Å². The average molecular weight is 570 g/mol. The van der Waals surface area contributed by atoms with E-state index in [0.29, 0.717) is 39.2 Å². The summed E-state index contributed by atoms with van der Waals surface area (Å²) in [5.74, 6) is -0.201. The molecule has 5 heteroatoms. The summed E-state index contributed by atoms with van der Waals surface area (Å²) < 4.78 is 0. The largest absolute Gasteiger partial charge is 0.388 e. The predicted octanol–water partition coefficient (Wildman–Crippen LogP) is 8.46. The fourth-order valence-electron chi connectivity index (χ4n) is 5.08. The number of benzene rings is 5. The molecule has 44 heavy (non-hydrogen) atoms. The standard InChI is InChI=1S/C39H27N3O2/c1-41-35-19-17-29(18-20-35)39(44)33-12-6-10-31(22-33)37-24-34(27-7-3-2-4-8-27)23-36(42-37)30-9-5-11-32(21-30)38(43)28-15-13-26(25-40)14-16-28/h2-24,41H,1H3. The highest BCUT2D eigenvalue weighted by molar-refractivity contribution is 6.10. The van der Waals surface area contributed by atoms with Crippen molar-refractivity contribution in [3.8, 4) is 39.7 Å². The number of rotatable bonds is 8. The van der Waals surface area contributed by atoms with Gasteiger partial charge in [-0.1, -0.05) is 66.7 Å². The Balaban J connectivity index is 1.41. The van der Waals surface area contributed by atoms with Gasteiger partial charge in [-0.05, 0) is 83.9 Å². The summed E-state index contributed by atoms with van der Waals surface area (Å²) in [5, 5.41) is 12.2. The first-order valence-electron chi connectivity index (χ1n) is 14.2. The van der Waals surface area contributed by atoms with Gasteiger partial charge >= 0.3 is 0 Å². The molecule has 1 N–H and O–H groups in total. The molecule has 0 aliphatic carbocycles. The molecule has 0 fully saturated rings. The first-order chi connectivity index (χ1) is 21.5. The van der Waals surface area contributed by atoms with Crippen LogP contribution in [0.25, 0.3) is 33.6 Å². The highest BCUT2D eigenvalue weighted by Crippen LogP contribution is 2.31. The third kappa shape index (κ3) is 5.92. The summed E-state index contributed by atoms with van der Waals surface area (Å²) in [7, 11) is 1.84. The number of carbonyl (C=O) groups is 2. The van der Waals surface area contributed by atoms with Gasteiger partial charge in [0.15, 0.2) is 11.6 Å². The van der Waals surface area contributed by atoms with E-state index < -0.39 is 0 Å². The first-order valence-corrected chi connectivity index (χ1v) is 14.2. The Bertz CT molecular complexity index is 2020. The lowest BCUT2D eigenvalue weighted by atomic mass is 9.96. The van der Waals surface area contributed by atoms with E-state index in [1.165, 1.54) is 0 Å². The van der Waals surface area contributed by atoms with E-state index in [0.717, 1.165) is 27.9 Å². The maximum absolute atomic E-state index is 13.4. The Morgan fingerprint density at radius 1 is 0.545 bits per heavy atom. The van der Waals surface area contributed by atoms with Crippen molar-refractivity contribution in [1.82, 2.24) is 4.98 Å². The molecule has 210 valence electrons. The molecule has 1 heterocycles. The second-order valence-electron chi connectivity index (χ2n) is 10.3. The molecule has 5 nitrogen and oxygen atoms in total. The molecular weight excluding hydrogens is 542 g/mol. The van der Waals surface area contributed by atoms with Gasteiger partial charge < -0.3 is 5.32 Å². The first kappa shape index (κ1) is 28.0. The second kappa shape index (κ2) is 12.4. The van der Waals surface area contributed by atoms with E-state index in [1.807, 2.05) is 116 Å². The summed E-state index contributed by atoms with van der Waals surface area (Å²) in [6, 6.07) is 45.1. The topological polar surface area (TPSA) is 82.9 Å². The molecule has 0 amide bonds. The third-order valence-electron chi connectivity index (χ3n) is 7.49. The van der Waals surface area contributed by atoms with Crippen molar-refractivity contribution in [3.05, 3.63) is 167 Å². The van der Waals surface area contributed by atoms with Crippen LogP contribution in [0.4, 0.5) is 5.69 Å². The Morgan fingerprint density at radius 3 is 1.55 bits per heavy atom. The predicted molar refractivity (Wildman–Crippen MR) is 175 cm³/mol. The molecule has 1 aromatic heterocycles. The summed E-state index contributed by atoms with van der Waals surface area (Å²) in [4.78, 5) is 31.7. The molecule has 0 spiro atoms. The van der Waals surface area contributed by atoms with Crippen molar-refractivity contribution in [2.75, 3.05) is 12.4 Å². The van der Waals surface area contributed by atoms with Gasteiger partial charge in [0.2, 0.25) is 0 Å². The molecule has 5 aromatic carbocycles. The molecular formula is C39H27N3O2. The van der Waals surface area contributed by atoms with Crippen LogP contribution in [0.2, 0.25) is 0 Å². The van der Waals surface area contributed by atoms with Gasteiger partial charge in [0.05, 0.1) is 23.0 Å². The zero-order valence-corrected chi connectivity index (χ0v) is 24.0. The molecule has 6 rings (SSSR count). The lowest BCUT2D eigenvalue weighted by Gasteiger charge is -2.12. The molecule has 0 bridgehead atoms. The summed E-state index contributed by atoms with van der Waals surface area (Å²) in [6.07, 6.45) is 0. The number of nitrogens with zero attached hydrogens (tertiary/aromatic N) is 2. The van der Waals surface area contributed by atoms with Gasteiger partial charge in [0.25, 0.3) is 0 Å². The zero-order valence-electron chi connectivity index (χ0n) is 24.0. The van der Waals surface area contributed by atoms with E-state index in [1.54, 1.807) is 30.3 Å². The van der Waals surface area contributed by atoms with E-state index in [-0.39, 0.29) is 11.6 Å². The minimum Gasteiger partial charge on any atom is -0.388 e. The Labute approximate surface area is 256 Å². The minimum absolute atomic E-state index is 0.0667. The Kier molecular flexibility index (Phi) is 7.90. The number of hydrogen-bond donors (Lipinski definition) is 1. The van der Waals surface area contributed by atoms with E-state index in [2.05, 4.69) is 11.4 Å². The quantitative estimate of drug-likeness (QED) is 0.186. The van der Waals surface area contributed by atoms with Crippen molar-refractivity contribution >= 4 is 17.3 Å². The van der Waals surface area contributed by atoms with Gasteiger partial charge in [0, 0.05) is 46.1 Å². The van der Waals surface area contributed by atoms with Crippen LogP contribution in [0.5, 0.6) is 0 Å². The van der Waals surface area contributed by atoms with E-state index >= 15 is 0 Å². The van der Waals surface area contributed by atoms with Crippen LogP contribution < -0.4 is 5.32 Å². The highest BCUT2D eigenvalue weighted by Gasteiger charge is 2.15. The number of nitriles is 1. The molecule has 0 atom stereocenters. The van der Waals surface area contributed by atoms with Crippen LogP contribution in [-0.4, -0.2) is 23.6 Å². The fourth-order valence-corrected chi connectivity index (χ4v) is 5.08. The summed E-state index contributed by atoms with van der Waals surface area (Å²) >= 11 is 0.